The fourth-order valence-electron chi connectivity index (χ4n) is 1.66. The number of carbonyl (C=O) groups is 1. The molecule has 1 fully saturated rings. The predicted octanol–water partition coefficient (Wildman–Crippen LogP) is 1.87. The molecule has 2 unspecified atom stereocenters. The first-order chi connectivity index (χ1) is 8.45. The Labute approximate surface area is 107 Å². The quantitative estimate of drug-likeness (QED) is 0.568. The zero-order chi connectivity index (χ0) is 13.6. The molecule has 1 aliphatic heterocycles. The van der Waals surface area contributed by atoms with Crippen LogP contribution in [-0.4, -0.2) is 31.8 Å². The lowest BCUT2D eigenvalue weighted by molar-refractivity contribution is -0.116. The van der Waals surface area contributed by atoms with E-state index in [2.05, 4.69) is 11.9 Å². The van der Waals surface area contributed by atoms with Gasteiger partial charge in [-0.2, -0.15) is 0 Å². The predicted molar refractivity (Wildman–Crippen MR) is 67.0 cm³/mol. The Morgan fingerprint density at radius 2 is 2.11 bits per heavy atom. The summed E-state index contributed by atoms with van der Waals surface area (Å²) in [7, 11) is -3.33. The van der Waals surface area contributed by atoms with Gasteiger partial charge in [0.05, 0.1) is 19.3 Å². The summed E-state index contributed by atoms with van der Waals surface area (Å²) >= 11 is 0. The number of nitrogens with one attached hydrogen (secondary N) is 1. The Morgan fingerprint density at radius 1 is 1.50 bits per heavy atom. The second-order valence-corrected chi connectivity index (χ2v) is 5.94. The Balaban J connectivity index is 2.26. The fourth-order valence-corrected chi connectivity index (χ4v) is 2.98. The Hall–Kier alpha value is -0.680. The highest BCUT2D eigenvalue weighted by atomic mass is 31.2. The molecule has 0 bridgehead atoms. The lowest BCUT2D eigenvalue weighted by Crippen LogP contribution is -2.28. The molecule has 0 saturated carbocycles. The van der Waals surface area contributed by atoms with Crippen molar-refractivity contribution in [1.82, 2.24) is 5.32 Å². The first-order valence-electron chi connectivity index (χ1n) is 5.93. The van der Waals surface area contributed by atoms with E-state index in [4.69, 9.17) is 13.6 Å². The summed E-state index contributed by atoms with van der Waals surface area (Å²) in [6.07, 6.45) is 1.61. The van der Waals surface area contributed by atoms with Crippen LogP contribution < -0.4 is 5.32 Å². The standard InChI is InChI=1S/C11H20NO5P/c1-4-11(13)12-8-9(2)7-10(3)17-18(14)15-5-6-16-18/h4,9-10H,1,5-8H2,2-3H3,(H,12,13). The first kappa shape index (κ1) is 15.4. The Kier molecular flexibility index (Phi) is 6.02. The van der Waals surface area contributed by atoms with Gasteiger partial charge in [0.15, 0.2) is 0 Å². The molecular formula is C11H20NO5P. The van der Waals surface area contributed by atoms with Crippen molar-refractivity contribution in [1.29, 1.82) is 0 Å². The van der Waals surface area contributed by atoms with E-state index in [9.17, 15) is 9.36 Å². The minimum atomic E-state index is -3.33. The van der Waals surface area contributed by atoms with Crippen LogP contribution in [0, 0.1) is 5.92 Å². The molecule has 0 aromatic rings. The van der Waals surface area contributed by atoms with E-state index >= 15 is 0 Å². The highest BCUT2D eigenvalue weighted by molar-refractivity contribution is 7.48. The van der Waals surface area contributed by atoms with Crippen molar-refractivity contribution < 1.29 is 22.9 Å². The van der Waals surface area contributed by atoms with Gasteiger partial charge in [0.2, 0.25) is 5.91 Å². The maximum absolute atomic E-state index is 11.8. The molecule has 0 aliphatic carbocycles. The normalized spacial score (nSPS) is 21.2. The largest absolute Gasteiger partial charge is 0.475 e. The van der Waals surface area contributed by atoms with Gasteiger partial charge in [0.25, 0.3) is 0 Å². The van der Waals surface area contributed by atoms with Crippen LogP contribution in [0.3, 0.4) is 0 Å². The molecule has 0 radical (unpaired) electrons. The van der Waals surface area contributed by atoms with E-state index in [1.807, 2.05) is 6.92 Å². The topological polar surface area (TPSA) is 73.9 Å². The van der Waals surface area contributed by atoms with Crippen LogP contribution in [0.5, 0.6) is 0 Å². The maximum Gasteiger partial charge on any atom is 0.475 e. The average Bonchev–Trinajstić information content (AvgIpc) is 2.72. The molecule has 2 atom stereocenters. The van der Waals surface area contributed by atoms with E-state index in [1.54, 1.807) is 6.92 Å². The minimum absolute atomic E-state index is 0.193. The second-order valence-electron chi connectivity index (χ2n) is 4.32. The van der Waals surface area contributed by atoms with Crippen LogP contribution in [-0.2, 0) is 22.9 Å². The fraction of sp³-hybridized carbons (Fsp3) is 0.727. The minimum Gasteiger partial charge on any atom is -0.352 e. The van der Waals surface area contributed by atoms with Gasteiger partial charge in [-0.25, -0.2) is 4.57 Å². The van der Waals surface area contributed by atoms with Gasteiger partial charge in [0, 0.05) is 6.54 Å². The molecule has 0 aromatic heterocycles. The van der Waals surface area contributed by atoms with Gasteiger partial charge >= 0.3 is 7.82 Å². The number of amides is 1. The van der Waals surface area contributed by atoms with E-state index in [0.717, 1.165) is 0 Å². The summed E-state index contributed by atoms with van der Waals surface area (Å²) < 4.78 is 26.9. The summed E-state index contributed by atoms with van der Waals surface area (Å²) in [5, 5.41) is 2.70. The van der Waals surface area contributed by atoms with Gasteiger partial charge in [-0.15, -0.1) is 0 Å². The van der Waals surface area contributed by atoms with Gasteiger partial charge in [-0.05, 0) is 25.3 Å². The number of hydrogen-bond donors (Lipinski definition) is 1. The summed E-state index contributed by atoms with van der Waals surface area (Å²) in [6.45, 7) is 8.26. The molecule has 6 nitrogen and oxygen atoms in total. The SMILES string of the molecule is C=CC(=O)NCC(C)CC(C)OP1(=O)OCCO1. The molecule has 1 amide bonds. The molecule has 18 heavy (non-hydrogen) atoms. The van der Waals surface area contributed by atoms with Crippen molar-refractivity contribution in [2.24, 2.45) is 5.92 Å². The van der Waals surface area contributed by atoms with Crippen molar-refractivity contribution in [3.8, 4) is 0 Å². The maximum atomic E-state index is 11.8. The van der Waals surface area contributed by atoms with E-state index in [1.165, 1.54) is 6.08 Å². The van der Waals surface area contributed by atoms with Gasteiger partial charge < -0.3 is 5.32 Å². The summed E-state index contributed by atoms with van der Waals surface area (Å²) in [4.78, 5) is 11.0. The molecule has 0 spiro atoms. The van der Waals surface area contributed by atoms with Crippen LogP contribution in [0.15, 0.2) is 12.7 Å². The van der Waals surface area contributed by atoms with Gasteiger partial charge in [-0.3, -0.25) is 18.4 Å². The third kappa shape index (κ3) is 5.31. The summed E-state index contributed by atoms with van der Waals surface area (Å²) in [6, 6.07) is 0. The van der Waals surface area contributed by atoms with Crippen molar-refractivity contribution in [3.63, 3.8) is 0 Å². The van der Waals surface area contributed by atoms with Crippen LogP contribution in [0.1, 0.15) is 20.3 Å². The lowest BCUT2D eigenvalue weighted by Gasteiger charge is -2.19. The molecule has 1 saturated heterocycles. The smallest absolute Gasteiger partial charge is 0.352 e. The van der Waals surface area contributed by atoms with Crippen LogP contribution in [0.25, 0.3) is 0 Å². The molecular weight excluding hydrogens is 257 g/mol. The van der Waals surface area contributed by atoms with Crippen molar-refractivity contribution in [2.45, 2.75) is 26.4 Å². The third-order valence-corrected chi connectivity index (χ3v) is 4.05. The van der Waals surface area contributed by atoms with Crippen molar-refractivity contribution >= 4 is 13.7 Å². The highest BCUT2D eigenvalue weighted by Crippen LogP contribution is 2.54. The zero-order valence-electron chi connectivity index (χ0n) is 10.8. The van der Waals surface area contributed by atoms with E-state index in [0.29, 0.717) is 26.2 Å². The molecule has 7 heteroatoms. The van der Waals surface area contributed by atoms with Gasteiger partial charge in [-0.1, -0.05) is 13.5 Å². The highest BCUT2D eigenvalue weighted by Gasteiger charge is 2.34. The molecule has 1 rings (SSSR count). The third-order valence-electron chi connectivity index (χ3n) is 2.44. The number of hydrogen-bond acceptors (Lipinski definition) is 5. The molecule has 1 aliphatic rings. The first-order valence-corrected chi connectivity index (χ1v) is 7.39. The van der Waals surface area contributed by atoms with Crippen LogP contribution in [0.4, 0.5) is 0 Å². The van der Waals surface area contributed by atoms with Gasteiger partial charge in [0.1, 0.15) is 0 Å². The summed E-state index contributed by atoms with van der Waals surface area (Å²) in [5.74, 6) is -0.0104. The van der Waals surface area contributed by atoms with Crippen molar-refractivity contribution in [2.75, 3.05) is 19.8 Å². The zero-order valence-corrected chi connectivity index (χ0v) is 11.7. The molecule has 104 valence electrons. The van der Waals surface area contributed by atoms with Crippen LogP contribution in [0.2, 0.25) is 0 Å². The Bertz CT molecular complexity index is 336. The molecule has 0 aromatic carbocycles. The number of phosphoric acid groups is 1. The van der Waals surface area contributed by atoms with Crippen molar-refractivity contribution in [3.05, 3.63) is 12.7 Å². The van der Waals surface area contributed by atoms with E-state index in [-0.39, 0.29) is 17.9 Å². The lowest BCUT2D eigenvalue weighted by atomic mass is 10.1. The average molecular weight is 277 g/mol. The Morgan fingerprint density at radius 3 is 2.67 bits per heavy atom. The summed E-state index contributed by atoms with van der Waals surface area (Å²) in [5.41, 5.74) is 0. The second kappa shape index (κ2) is 7.04. The van der Waals surface area contributed by atoms with Crippen LogP contribution >= 0.6 is 7.82 Å². The molecule has 1 N–H and O–H groups in total. The monoisotopic (exact) mass is 277 g/mol. The molecule has 1 heterocycles. The van der Waals surface area contributed by atoms with E-state index < -0.39 is 7.82 Å². The number of carbonyl (C=O) groups excluding carboxylic acids is 1. The number of phosphoric ester groups is 1. The number of rotatable bonds is 7.